The molecule has 1 heterocycles. The van der Waals surface area contributed by atoms with E-state index in [0.29, 0.717) is 23.2 Å². The maximum absolute atomic E-state index is 13.0. The van der Waals surface area contributed by atoms with E-state index in [4.69, 9.17) is 0 Å². The summed E-state index contributed by atoms with van der Waals surface area (Å²) in [6.45, 7) is 3.26. The Balaban J connectivity index is 1.88. The normalized spacial score (nSPS) is 15.7. The van der Waals surface area contributed by atoms with Gasteiger partial charge in [0, 0.05) is 35.2 Å². The van der Waals surface area contributed by atoms with Crippen LogP contribution in [0.3, 0.4) is 0 Å². The van der Waals surface area contributed by atoms with Crippen LogP contribution in [0.1, 0.15) is 32.7 Å². The molecule has 0 aromatic heterocycles. The Kier molecular flexibility index (Phi) is 5.66. The van der Waals surface area contributed by atoms with Crippen LogP contribution in [-0.4, -0.2) is 54.7 Å². The molecule has 1 amide bonds. The van der Waals surface area contributed by atoms with Crippen molar-refractivity contribution in [1.29, 1.82) is 0 Å². The summed E-state index contributed by atoms with van der Waals surface area (Å²) in [5, 5.41) is 0. The van der Waals surface area contributed by atoms with Crippen LogP contribution in [-0.2, 0) is 0 Å². The number of hydrogen-bond acceptors (Lipinski definition) is 3. The third-order valence-corrected chi connectivity index (χ3v) is 5.04. The molecule has 5 heteroatoms. The number of carbonyl (C=O) groups excluding carboxylic acids is 2. The smallest absolute Gasteiger partial charge is 0.254 e. The largest absolute Gasteiger partial charge is 0.337 e. The van der Waals surface area contributed by atoms with Crippen molar-refractivity contribution in [2.45, 2.75) is 6.42 Å². The molecule has 0 aliphatic carbocycles. The molecule has 3 rings (SSSR count). The van der Waals surface area contributed by atoms with E-state index in [1.807, 2.05) is 23.1 Å². The van der Waals surface area contributed by atoms with Crippen LogP contribution in [0.5, 0.6) is 0 Å². The lowest BCUT2D eigenvalue weighted by Crippen LogP contribution is -2.35. The highest BCUT2D eigenvalue weighted by Gasteiger charge is 2.23. The zero-order valence-corrected chi connectivity index (χ0v) is 15.8. The number of carbonyl (C=O) groups is 2. The number of likely N-dealkylation sites (N-methyl/N-ethyl adjacent to an activating group) is 1. The summed E-state index contributed by atoms with van der Waals surface area (Å²) in [6, 6.07) is 14.3. The van der Waals surface area contributed by atoms with E-state index in [-0.39, 0.29) is 11.7 Å². The Labute approximate surface area is 156 Å². The molecular formula is C20H21BrN2O2. The van der Waals surface area contributed by atoms with E-state index in [0.717, 1.165) is 30.5 Å². The summed E-state index contributed by atoms with van der Waals surface area (Å²) < 4.78 is 0.919. The highest BCUT2D eigenvalue weighted by molar-refractivity contribution is 9.10. The monoisotopic (exact) mass is 400 g/mol. The quantitative estimate of drug-likeness (QED) is 0.740. The van der Waals surface area contributed by atoms with Gasteiger partial charge in [-0.15, -0.1) is 0 Å². The summed E-state index contributed by atoms with van der Waals surface area (Å²) in [5.74, 6) is -0.181. The molecule has 0 N–H and O–H groups in total. The second-order valence-electron chi connectivity index (χ2n) is 6.33. The Bertz CT molecular complexity index is 774. The van der Waals surface area contributed by atoms with Crippen LogP contribution in [0, 0.1) is 0 Å². The van der Waals surface area contributed by atoms with Crippen molar-refractivity contribution in [2.24, 2.45) is 0 Å². The molecule has 130 valence electrons. The minimum Gasteiger partial charge on any atom is -0.337 e. The minimum atomic E-state index is -0.122. The molecule has 4 nitrogen and oxygen atoms in total. The summed E-state index contributed by atoms with van der Waals surface area (Å²) in [6.07, 6.45) is 0.949. The molecule has 0 saturated carbocycles. The first kappa shape index (κ1) is 17.8. The van der Waals surface area contributed by atoms with Gasteiger partial charge in [0.25, 0.3) is 5.91 Å². The van der Waals surface area contributed by atoms with Crippen molar-refractivity contribution in [1.82, 2.24) is 9.80 Å². The average molecular weight is 401 g/mol. The first-order chi connectivity index (χ1) is 12.1. The SMILES string of the molecule is CN1CCCN(C(=O)c2ccccc2C(=O)c2ccc(Br)cc2)CC1. The fourth-order valence-corrected chi connectivity index (χ4v) is 3.31. The molecule has 0 radical (unpaired) electrons. The molecule has 1 fully saturated rings. The fraction of sp³-hybridized carbons (Fsp3) is 0.300. The summed E-state index contributed by atoms with van der Waals surface area (Å²) >= 11 is 3.38. The molecule has 2 aromatic carbocycles. The number of nitrogens with zero attached hydrogens (tertiary/aromatic N) is 2. The topological polar surface area (TPSA) is 40.6 Å². The van der Waals surface area contributed by atoms with E-state index < -0.39 is 0 Å². The standard InChI is InChI=1S/C20H21BrN2O2/c1-22-11-4-12-23(14-13-22)20(25)18-6-3-2-5-17(18)19(24)15-7-9-16(21)10-8-15/h2-3,5-10H,4,11-14H2,1H3. The highest BCUT2D eigenvalue weighted by atomic mass is 79.9. The van der Waals surface area contributed by atoms with Gasteiger partial charge in [0.05, 0.1) is 5.56 Å². The predicted octanol–water partition coefficient (Wildman–Crippen LogP) is 3.46. The fourth-order valence-electron chi connectivity index (χ4n) is 3.04. The van der Waals surface area contributed by atoms with Crippen LogP contribution in [0.25, 0.3) is 0 Å². The third-order valence-electron chi connectivity index (χ3n) is 4.52. The predicted molar refractivity (Wildman–Crippen MR) is 102 cm³/mol. The van der Waals surface area contributed by atoms with Crippen LogP contribution < -0.4 is 0 Å². The molecule has 0 atom stereocenters. The van der Waals surface area contributed by atoms with Crippen molar-refractivity contribution in [3.05, 3.63) is 69.7 Å². The molecular weight excluding hydrogens is 380 g/mol. The maximum Gasteiger partial charge on any atom is 0.254 e. The molecule has 0 bridgehead atoms. The number of amides is 1. The molecule has 1 saturated heterocycles. The van der Waals surface area contributed by atoms with Gasteiger partial charge in [0.1, 0.15) is 0 Å². The zero-order chi connectivity index (χ0) is 17.8. The van der Waals surface area contributed by atoms with Crippen LogP contribution in [0.4, 0.5) is 0 Å². The lowest BCUT2D eigenvalue weighted by molar-refractivity contribution is 0.0758. The van der Waals surface area contributed by atoms with E-state index in [2.05, 4.69) is 27.9 Å². The van der Waals surface area contributed by atoms with Crippen molar-refractivity contribution in [3.63, 3.8) is 0 Å². The van der Waals surface area contributed by atoms with E-state index in [9.17, 15) is 9.59 Å². The van der Waals surface area contributed by atoms with Crippen molar-refractivity contribution in [3.8, 4) is 0 Å². The van der Waals surface area contributed by atoms with E-state index >= 15 is 0 Å². The van der Waals surface area contributed by atoms with Gasteiger partial charge in [-0.3, -0.25) is 9.59 Å². The maximum atomic E-state index is 13.0. The van der Waals surface area contributed by atoms with Crippen LogP contribution in [0.2, 0.25) is 0 Å². The lowest BCUT2D eigenvalue weighted by Gasteiger charge is -2.21. The van der Waals surface area contributed by atoms with Gasteiger partial charge in [0.2, 0.25) is 0 Å². The minimum absolute atomic E-state index is 0.0589. The second kappa shape index (κ2) is 7.93. The number of ketones is 1. The average Bonchev–Trinajstić information content (AvgIpc) is 2.86. The molecule has 25 heavy (non-hydrogen) atoms. The third kappa shape index (κ3) is 4.17. The summed E-state index contributed by atoms with van der Waals surface area (Å²) in [4.78, 5) is 30.0. The van der Waals surface area contributed by atoms with Crippen molar-refractivity contribution < 1.29 is 9.59 Å². The summed E-state index contributed by atoms with van der Waals surface area (Å²) in [5.41, 5.74) is 1.53. The van der Waals surface area contributed by atoms with Gasteiger partial charge < -0.3 is 9.80 Å². The van der Waals surface area contributed by atoms with Gasteiger partial charge in [-0.1, -0.05) is 34.1 Å². The van der Waals surface area contributed by atoms with Gasteiger partial charge >= 0.3 is 0 Å². The molecule has 1 aliphatic heterocycles. The first-order valence-electron chi connectivity index (χ1n) is 8.43. The van der Waals surface area contributed by atoms with Crippen LogP contribution >= 0.6 is 15.9 Å². The van der Waals surface area contributed by atoms with Gasteiger partial charge in [-0.2, -0.15) is 0 Å². The van der Waals surface area contributed by atoms with E-state index in [1.54, 1.807) is 30.3 Å². The molecule has 1 aliphatic rings. The number of halogens is 1. The van der Waals surface area contributed by atoms with Crippen molar-refractivity contribution in [2.75, 3.05) is 33.2 Å². The van der Waals surface area contributed by atoms with E-state index in [1.165, 1.54) is 0 Å². The lowest BCUT2D eigenvalue weighted by atomic mass is 9.97. The summed E-state index contributed by atoms with van der Waals surface area (Å²) in [7, 11) is 2.07. The molecule has 2 aromatic rings. The second-order valence-corrected chi connectivity index (χ2v) is 7.25. The Morgan fingerprint density at radius 2 is 1.56 bits per heavy atom. The number of hydrogen-bond donors (Lipinski definition) is 0. The highest BCUT2D eigenvalue weighted by Crippen LogP contribution is 2.19. The molecule has 0 unspecified atom stereocenters. The van der Waals surface area contributed by atoms with Gasteiger partial charge in [-0.05, 0) is 50.3 Å². The van der Waals surface area contributed by atoms with Crippen molar-refractivity contribution >= 4 is 27.6 Å². The molecule has 0 spiro atoms. The zero-order valence-electron chi connectivity index (χ0n) is 14.2. The Morgan fingerprint density at radius 3 is 2.28 bits per heavy atom. The van der Waals surface area contributed by atoms with Gasteiger partial charge in [0.15, 0.2) is 5.78 Å². The van der Waals surface area contributed by atoms with Gasteiger partial charge in [-0.25, -0.2) is 0 Å². The number of rotatable bonds is 3. The number of benzene rings is 2. The first-order valence-corrected chi connectivity index (χ1v) is 9.22. The Hall–Kier alpha value is -1.98. The van der Waals surface area contributed by atoms with Crippen LogP contribution in [0.15, 0.2) is 53.0 Å². The Morgan fingerprint density at radius 1 is 0.880 bits per heavy atom.